The molecule has 2 rings (SSSR count). The van der Waals surface area contributed by atoms with E-state index >= 15 is 0 Å². The number of aliphatic hydroxyl groups is 1. The van der Waals surface area contributed by atoms with Gasteiger partial charge in [0.05, 0.1) is 6.61 Å². The Labute approximate surface area is 102 Å². The molecule has 0 saturated carbocycles. The molecule has 1 aromatic carbocycles. The van der Waals surface area contributed by atoms with E-state index in [1.165, 1.54) is 11.8 Å². The highest BCUT2D eigenvalue weighted by Crippen LogP contribution is 2.26. The number of rotatable bonds is 4. The van der Waals surface area contributed by atoms with E-state index < -0.39 is 5.97 Å². The van der Waals surface area contributed by atoms with Gasteiger partial charge in [-0.25, -0.2) is 9.78 Å². The molecule has 1 heterocycles. The average Bonchev–Trinajstić information content (AvgIpc) is 2.35. The third-order valence-electron chi connectivity index (χ3n) is 2.25. The van der Waals surface area contributed by atoms with Crippen molar-refractivity contribution in [1.29, 1.82) is 0 Å². The van der Waals surface area contributed by atoms with Gasteiger partial charge in [0.15, 0.2) is 0 Å². The Hall–Kier alpha value is -1.59. The van der Waals surface area contributed by atoms with E-state index in [1.54, 1.807) is 6.07 Å². The summed E-state index contributed by atoms with van der Waals surface area (Å²) in [6, 6.07) is 9.04. The van der Waals surface area contributed by atoms with Crippen LogP contribution in [-0.2, 0) is 0 Å². The number of thioether (sulfide) groups is 1. The zero-order valence-corrected chi connectivity index (χ0v) is 9.78. The lowest BCUT2D eigenvalue weighted by Crippen LogP contribution is -2.02. The molecule has 5 heteroatoms. The molecule has 0 saturated heterocycles. The largest absolute Gasteiger partial charge is 0.477 e. The van der Waals surface area contributed by atoms with Crippen molar-refractivity contribution in [2.75, 3.05) is 12.4 Å². The zero-order chi connectivity index (χ0) is 12.3. The van der Waals surface area contributed by atoms with Crippen LogP contribution < -0.4 is 0 Å². The summed E-state index contributed by atoms with van der Waals surface area (Å²) in [6.07, 6.45) is 0. The summed E-state index contributed by atoms with van der Waals surface area (Å²) in [5.41, 5.74) is 0.0316. The smallest absolute Gasteiger partial charge is 0.354 e. The Morgan fingerprint density at radius 3 is 2.82 bits per heavy atom. The number of aliphatic hydroxyl groups excluding tert-OH is 1. The molecule has 0 fully saturated rings. The topological polar surface area (TPSA) is 70.4 Å². The molecule has 1 aromatic heterocycles. The molecule has 88 valence electrons. The van der Waals surface area contributed by atoms with Gasteiger partial charge in [0.1, 0.15) is 10.7 Å². The van der Waals surface area contributed by atoms with Crippen LogP contribution in [-0.4, -0.2) is 33.5 Å². The first-order valence-electron chi connectivity index (χ1n) is 5.09. The van der Waals surface area contributed by atoms with Gasteiger partial charge in [-0.1, -0.05) is 24.3 Å². The van der Waals surface area contributed by atoms with E-state index in [4.69, 9.17) is 10.2 Å². The highest BCUT2D eigenvalue weighted by molar-refractivity contribution is 7.99. The van der Waals surface area contributed by atoms with Gasteiger partial charge in [0.25, 0.3) is 0 Å². The third-order valence-corrected chi connectivity index (χ3v) is 3.23. The summed E-state index contributed by atoms with van der Waals surface area (Å²) >= 11 is 1.36. The minimum atomic E-state index is -1.04. The number of hydrogen-bond donors (Lipinski definition) is 2. The van der Waals surface area contributed by atoms with Gasteiger partial charge in [-0.05, 0) is 11.5 Å². The molecule has 0 aliphatic heterocycles. The second kappa shape index (κ2) is 5.16. The second-order valence-corrected chi connectivity index (χ2v) is 4.49. The molecule has 2 N–H and O–H groups in total. The molecular weight excluding hydrogens is 238 g/mol. The summed E-state index contributed by atoms with van der Waals surface area (Å²) in [5, 5.41) is 20.2. The van der Waals surface area contributed by atoms with Gasteiger partial charge in [-0.3, -0.25) is 0 Å². The predicted octanol–water partition coefficient (Wildman–Crippen LogP) is 2.02. The van der Waals surface area contributed by atoms with E-state index in [0.29, 0.717) is 10.8 Å². The number of carbonyl (C=O) groups is 1. The first-order chi connectivity index (χ1) is 8.22. The van der Waals surface area contributed by atoms with Crippen LogP contribution in [0.2, 0.25) is 0 Å². The molecule has 0 atom stereocenters. The molecule has 0 spiro atoms. The lowest BCUT2D eigenvalue weighted by atomic mass is 10.1. The summed E-state index contributed by atoms with van der Waals surface area (Å²) < 4.78 is 0. The molecule has 4 nitrogen and oxygen atoms in total. The third kappa shape index (κ3) is 2.57. The highest BCUT2D eigenvalue weighted by Gasteiger charge is 2.10. The van der Waals surface area contributed by atoms with Crippen LogP contribution in [0.4, 0.5) is 0 Å². The Balaban J connectivity index is 2.56. The maximum absolute atomic E-state index is 10.9. The maximum Gasteiger partial charge on any atom is 0.354 e. The first-order valence-corrected chi connectivity index (χ1v) is 6.07. The molecule has 0 bridgehead atoms. The normalized spacial score (nSPS) is 10.6. The van der Waals surface area contributed by atoms with Gasteiger partial charge in [-0.15, -0.1) is 11.8 Å². The van der Waals surface area contributed by atoms with E-state index in [9.17, 15) is 4.79 Å². The lowest BCUT2D eigenvalue weighted by molar-refractivity contribution is 0.0690. The van der Waals surface area contributed by atoms with Crippen LogP contribution in [0.25, 0.3) is 10.8 Å². The van der Waals surface area contributed by atoms with E-state index in [2.05, 4.69) is 4.98 Å². The predicted molar refractivity (Wildman–Crippen MR) is 66.5 cm³/mol. The number of fused-ring (bicyclic) bond motifs is 1. The van der Waals surface area contributed by atoms with Crippen LogP contribution in [0.15, 0.2) is 35.4 Å². The van der Waals surface area contributed by atoms with E-state index in [-0.39, 0.29) is 12.3 Å². The fourth-order valence-corrected chi connectivity index (χ4v) is 2.32. The van der Waals surface area contributed by atoms with Crippen molar-refractivity contribution in [2.45, 2.75) is 5.03 Å². The van der Waals surface area contributed by atoms with Crippen LogP contribution in [0.3, 0.4) is 0 Å². The number of carboxylic acid groups (broad SMARTS) is 1. The van der Waals surface area contributed by atoms with Gasteiger partial charge in [-0.2, -0.15) is 0 Å². The fraction of sp³-hybridized carbons (Fsp3) is 0.167. The lowest BCUT2D eigenvalue weighted by Gasteiger charge is -2.06. The number of benzene rings is 1. The second-order valence-electron chi connectivity index (χ2n) is 3.41. The first kappa shape index (κ1) is 11.9. The number of carboxylic acids is 1. The number of aromatic nitrogens is 1. The Kier molecular flexibility index (Phi) is 3.61. The molecule has 0 radical (unpaired) electrons. The Bertz CT molecular complexity index is 556. The van der Waals surface area contributed by atoms with E-state index in [1.807, 2.05) is 24.3 Å². The van der Waals surface area contributed by atoms with Crippen LogP contribution >= 0.6 is 11.8 Å². The molecular formula is C12H11NO3S. The van der Waals surface area contributed by atoms with Crippen molar-refractivity contribution in [3.8, 4) is 0 Å². The van der Waals surface area contributed by atoms with Crippen molar-refractivity contribution in [3.63, 3.8) is 0 Å². The number of pyridine rings is 1. The summed E-state index contributed by atoms with van der Waals surface area (Å²) in [7, 11) is 0. The van der Waals surface area contributed by atoms with Crippen molar-refractivity contribution in [3.05, 3.63) is 36.0 Å². The molecule has 2 aromatic rings. The van der Waals surface area contributed by atoms with Gasteiger partial charge >= 0.3 is 5.97 Å². The van der Waals surface area contributed by atoms with Crippen LogP contribution in [0.1, 0.15) is 10.5 Å². The molecule has 17 heavy (non-hydrogen) atoms. The van der Waals surface area contributed by atoms with Gasteiger partial charge in [0.2, 0.25) is 0 Å². The maximum atomic E-state index is 10.9. The average molecular weight is 249 g/mol. The van der Waals surface area contributed by atoms with E-state index in [0.717, 1.165) is 10.8 Å². The molecule has 0 aliphatic carbocycles. The Morgan fingerprint density at radius 2 is 2.12 bits per heavy atom. The summed E-state index contributed by atoms with van der Waals surface area (Å²) in [4.78, 5) is 15.0. The van der Waals surface area contributed by atoms with Crippen molar-refractivity contribution < 1.29 is 15.0 Å². The summed E-state index contributed by atoms with van der Waals surface area (Å²) in [5.74, 6) is -0.540. The Morgan fingerprint density at radius 1 is 1.35 bits per heavy atom. The van der Waals surface area contributed by atoms with Crippen LogP contribution in [0.5, 0.6) is 0 Å². The number of nitrogens with zero attached hydrogens (tertiary/aromatic N) is 1. The number of aromatic carboxylic acids is 1. The minimum absolute atomic E-state index is 0.0316. The van der Waals surface area contributed by atoms with Gasteiger partial charge < -0.3 is 10.2 Å². The summed E-state index contributed by atoms with van der Waals surface area (Å²) in [6.45, 7) is 0.0397. The van der Waals surface area contributed by atoms with Crippen molar-refractivity contribution in [2.24, 2.45) is 0 Å². The van der Waals surface area contributed by atoms with Crippen molar-refractivity contribution >= 4 is 28.5 Å². The highest BCUT2D eigenvalue weighted by atomic mass is 32.2. The molecule has 0 unspecified atom stereocenters. The quantitative estimate of drug-likeness (QED) is 0.811. The SMILES string of the molecule is O=C(O)c1cc2ccccc2c(SCCO)n1. The standard InChI is InChI=1S/C12H11NO3S/c14-5-6-17-11-9-4-2-1-3-8(9)7-10(13-11)12(15)16/h1-4,7,14H,5-6H2,(H,15,16). The van der Waals surface area contributed by atoms with Crippen molar-refractivity contribution in [1.82, 2.24) is 4.98 Å². The fourth-order valence-electron chi connectivity index (χ4n) is 1.53. The zero-order valence-electron chi connectivity index (χ0n) is 8.96. The monoisotopic (exact) mass is 249 g/mol. The minimum Gasteiger partial charge on any atom is -0.477 e. The van der Waals surface area contributed by atoms with Gasteiger partial charge in [0, 0.05) is 11.1 Å². The van der Waals surface area contributed by atoms with Crippen LogP contribution in [0, 0.1) is 0 Å². The molecule has 0 aliphatic rings. The number of hydrogen-bond acceptors (Lipinski definition) is 4. The molecule has 0 amide bonds.